The monoisotopic (exact) mass is 557 g/mol. The third-order valence-electron chi connectivity index (χ3n) is 7.30. The minimum atomic E-state index is -0.329. The fourth-order valence-electron chi connectivity index (χ4n) is 5.15. The van der Waals surface area contributed by atoms with Gasteiger partial charge in [-0.15, -0.1) is 0 Å². The molecule has 5 rings (SSSR count). The quantitative estimate of drug-likeness (QED) is 0.380. The Hall–Kier alpha value is -4.64. The topological polar surface area (TPSA) is 112 Å². The summed E-state index contributed by atoms with van der Waals surface area (Å²) in [5.41, 5.74) is 3.24. The third kappa shape index (κ3) is 6.58. The van der Waals surface area contributed by atoms with E-state index in [2.05, 4.69) is 44.2 Å². The van der Waals surface area contributed by atoms with Crippen molar-refractivity contribution in [2.45, 2.75) is 25.8 Å². The van der Waals surface area contributed by atoms with Crippen molar-refractivity contribution in [3.8, 4) is 5.75 Å². The Bertz CT molecular complexity index is 1390. The lowest BCUT2D eigenvalue weighted by molar-refractivity contribution is -0.129. The van der Waals surface area contributed by atoms with Crippen molar-refractivity contribution < 1.29 is 19.2 Å². The van der Waals surface area contributed by atoms with Crippen LogP contribution in [0.15, 0.2) is 67.5 Å². The second-order valence-electron chi connectivity index (χ2n) is 9.93. The van der Waals surface area contributed by atoms with Crippen molar-refractivity contribution >= 4 is 40.5 Å². The number of hydroxylamine groups is 1. The highest BCUT2D eigenvalue weighted by atomic mass is 16.7. The predicted octanol–water partition coefficient (Wildman–Crippen LogP) is 3.77. The Morgan fingerprint density at radius 2 is 1.88 bits per heavy atom. The lowest BCUT2D eigenvalue weighted by Crippen LogP contribution is -2.48. The van der Waals surface area contributed by atoms with Crippen LogP contribution in [0.2, 0.25) is 0 Å². The first kappa shape index (κ1) is 27.9. The van der Waals surface area contributed by atoms with Gasteiger partial charge in [-0.1, -0.05) is 36.9 Å². The van der Waals surface area contributed by atoms with Crippen LogP contribution in [0.5, 0.6) is 5.75 Å². The molecule has 0 bridgehead atoms. The highest BCUT2D eigenvalue weighted by molar-refractivity contribution is 6.02. The summed E-state index contributed by atoms with van der Waals surface area (Å²) in [6.45, 7) is 8.23. The third-order valence-corrected chi connectivity index (χ3v) is 7.30. The molecule has 1 atom stereocenters. The van der Waals surface area contributed by atoms with Crippen molar-refractivity contribution in [2.24, 2.45) is 0 Å². The second kappa shape index (κ2) is 12.7. The molecule has 11 heteroatoms. The summed E-state index contributed by atoms with van der Waals surface area (Å²) in [6.07, 6.45) is 4.46. The van der Waals surface area contributed by atoms with Gasteiger partial charge in [0.1, 0.15) is 17.9 Å². The molecule has 2 fully saturated rings. The van der Waals surface area contributed by atoms with E-state index in [0.717, 1.165) is 18.5 Å². The molecule has 41 heavy (non-hydrogen) atoms. The van der Waals surface area contributed by atoms with E-state index in [1.54, 1.807) is 14.0 Å². The molecular formula is C30H35N7O4. The van der Waals surface area contributed by atoms with Crippen LogP contribution in [0, 0.1) is 0 Å². The van der Waals surface area contributed by atoms with Crippen LogP contribution in [0.3, 0.4) is 0 Å². The first-order valence-corrected chi connectivity index (χ1v) is 13.7. The highest BCUT2D eigenvalue weighted by Gasteiger charge is 2.28. The zero-order chi connectivity index (χ0) is 28.8. The van der Waals surface area contributed by atoms with E-state index in [1.807, 2.05) is 46.4 Å². The molecule has 0 spiro atoms. The Morgan fingerprint density at radius 3 is 2.59 bits per heavy atom. The lowest BCUT2D eigenvalue weighted by atomic mass is 10.0. The van der Waals surface area contributed by atoms with Crippen LogP contribution in [-0.2, 0) is 20.8 Å². The zero-order valence-electron chi connectivity index (χ0n) is 23.4. The molecule has 11 nitrogen and oxygen atoms in total. The molecule has 2 amide bonds. The van der Waals surface area contributed by atoms with E-state index in [0.29, 0.717) is 61.5 Å². The minimum Gasteiger partial charge on any atom is -0.494 e. The van der Waals surface area contributed by atoms with E-state index in [1.165, 1.54) is 18.0 Å². The molecule has 0 aliphatic carbocycles. The number of piperazine rings is 1. The molecule has 2 aliphatic heterocycles. The first-order valence-electron chi connectivity index (χ1n) is 13.7. The fourth-order valence-corrected chi connectivity index (χ4v) is 5.15. The maximum Gasteiger partial charge on any atom is 0.247 e. The van der Waals surface area contributed by atoms with Crippen molar-refractivity contribution in [1.82, 2.24) is 14.9 Å². The van der Waals surface area contributed by atoms with Gasteiger partial charge in [-0.2, -0.15) is 0 Å². The Balaban J connectivity index is 1.39. The number of rotatable bonds is 9. The maximum atomic E-state index is 12.3. The fraction of sp³-hybridized carbons (Fsp3) is 0.333. The SMILES string of the molecule is C=CC(=O)Nc1cc(Nc2cc(N3OCCC3Cc3ccccc3)ncn2)c(OC)cc1N1CCN(C(C)=O)CC1. The standard InChI is InChI=1S/C30H35N7O4/c1-4-30(39)34-24-17-25(27(40-3)18-26(24)36-13-11-35(12-14-36)21(2)38)33-28-19-29(32-20-31-28)37-23(10-15-41-37)16-22-8-6-5-7-9-22/h4-9,17-20,23H,1,10-16H2,2-3H3,(H,34,39)(H,31,32,33). The normalized spacial score (nSPS) is 16.8. The summed E-state index contributed by atoms with van der Waals surface area (Å²) < 4.78 is 5.74. The molecule has 3 heterocycles. The van der Waals surface area contributed by atoms with E-state index in [4.69, 9.17) is 9.57 Å². The molecule has 2 aromatic carbocycles. The number of hydrogen-bond acceptors (Lipinski definition) is 9. The van der Waals surface area contributed by atoms with Crippen LogP contribution in [0.25, 0.3) is 0 Å². The molecule has 2 saturated heterocycles. The van der Waals surface area contributed by atoms with Gasteiger partial charge in [-0.05, 0) is 30.5 Å². The Labute approximate surface area is 239 Å². The average molecular weight is 558 g/mol. The van der Waals surface area contributed by atoms with Crippen LogP contribution < -0.4 is 25.3 Å². The van der Waals surface area contributed by atoms with E-state index >= 15 is 0 Å². The highest BCUT2D eigenvalue weighted by Crippen LogP contribution is 2.39. The number of methoxy groups -OCH3 is 1. The number of hydrogen-bond donors (Lipinski definition) is 2. The number of nitrogens with zero attached hydrogens (tertiary/aromatic N) is 5. The minimum absolute atomic E-state index is 0.0527. The molecule has 2 N–H and O–H groups in total. The summed E-state index contributed by atoms with van der Waals surface area (Å²) in [5, 5.41) is 8.10. The van der Waals surface area contributed by atoms with Crippen LogP contribution in [0.4, 0.5) is 28.7 Å². The van der Waals surface area contributed by atoms with Gasteiger partial charge in [-0.3, -0.25) is 14.4 Å². The Kier molecular flexibility index (Phi) is 8.64. The number of benzene rings is 2. The number of amides is 2. The average Bonchev–Trinajstić information content (AvgIpc) is 3.46. The van der Waals surface area contributed by atoms with Crippen molar-refractivity contribution in [3.05, 3.63) is 73.1 Å². The molecule has 3 aromatic rings. The summed E-state index contributed by atoms with van der Waals surface area (Å²) in [7, 11) is 1.59. The number of ether oxygens (including phenoxy) is 1. The second-order valence-corrected chi connectivity index (χ2v) is 9.93. The van der Waals surface area contributed by atoms with E-state index in [-0.39, 0.29) is 17.9 Å². The van der Waals surface area contributed by atoms with E-state index < -0.39 is 0 Å². The summed E-state index contributed by atoms with van der Waals surface area (Å²) >= 11 is 0. The molecule has 1 aromatic heterocycles. The predicted molar refractivity (Wildman–Crippen MR) is 159 cm³/mol. The maximum absolute atomic E-state index is 12.3. The number of carbonyl (C=O) groups excluding carboxylic acids is 2. The summed E-state index contributed by atoms with van der Waals surface area (Å²) in [5.74, 6) is 1.50. The smallest absolute Gasteiger partial charge is 0.247 e. The molecule has 0 radical (unpaired) electrons. The summed E-state index contributed by atoms with van der Waals surface area (Å²) in [6, 6.07) is 16.0. The number of nitrogens with one attached hydrogen (secondary N) is 2. The zero-order valence-corrected chi connectivity index (χ0v) is 23.4. The van der Waals surface area contributed by atoms with Crippen LogP contribution in [0.1, 0.15) is 18.9 Å². The van der Waals surface area contributed by atoms with Crippen molar-refractivity contribution in [1.29, 1.82) is 0 Å². The largest absolute Gasteiger partial charge is 0.494 e. The van der Waals surface area contributed by atoms with Crippen molar-refractivity contribution in [3.63, 3.8) is 0 Å². The molecular weight excluding hydrogens is 522 g/mol. The van der Waals surface area contributed by atoms with Gasteiger partial charge in [0.15, 0.2) is 5.82 Å². The van der Waals surface area contributed by atoms with E-state index in [9.17, 15) is 9.59 Å². The molecule has 0 saturated carbocycles. The van der Waals surface area contributed by atoms with Crippen LogP contribution >= 0.6 is 0 Å². The van der Waals surface area contributed by atoms with Gasteiger partial charge < -0.3 is 25.2 Å². The van der Waals surface area contributed by atoms with Gasteiger partial charge in [0, 0.05) is 45.2 Å². The van der Waals surface area contributed by atoms with Gasteiger partial charge in [0.25, 0.3) is 0 Å². The van der Waals surface area contributed by atoms with Gasteiger partial charge in [-0.25, -0.2) is 15.0 Å². The van der Waals surface area contributed by atoms with Crippen molar-refractivity contribution in [2.75, 3.05) is 60.5 Å². The lowest BCUT2D eigenvalue weighted by Gasteiger charge is -2.36. The first-order chi connectivity index (χ1) is 19.9. The van der Waals surface area contributed by atoms with Gasteiger partial charge in [0.2, 0.25) is 11.8 Å². The summed E-state index contributed by atoms with van der Waals surface area (Å²) in [4.78, 5) is 43.0. The van der Waals surface area contributed by atoms with Crippen LogP contribution in [-0.4, -0.2) is 72.6 Å². The number of carbonyl (C=O) groups is 2. The Morgan fingerprint density at radius 1 is 1.10 bits per heavy atom. The molecule has 1 unspecified atom stereocenters. The molecule has 214 valence electrons. The number of aromatic nitrogens is 2. The molecule has 2 aliphatic rings. The van der Waals surface area contributed by atoms with Gasteiger partial charge >= 0.3 is 0 Å². The van der Waals surface area contributed by atoms with Gasteiger partial charge in [0.05, 0.1) is 36.8 Å². The number of anilines is 5.